The fourth-order valence-corrected chi connectivity index (χ4v) is 1.97. The van der Waals surface area contributed by atoms with E-state index in [0.717, 1.165) is 20.8 Å². The number of ether oxygens (including phenoxy) is 5. The first kappa shape index (κ1) is 17.9. The summed E-state index contributed by atoms with van der Waals surface area (Å²) in [7, 11) is 0. The molecule has 22 heavy (non-hydrogen) atoms. The molecule has 0 amide bonds. The van der Waals surface area contributed by atoms with Crippen molar-refractivity contribution in [2.45, 2.75) is 52.3 Å². The van der Waals surface area contributed by atoms with E-state index in [-0.39, 0.29) is 6.61 Å². The Morgan fingerprint density at radius 1 is 0.727 bits per heavy atom. The lowest BCUT2D eigenvalue weighted by molar-refractivity contribution is -0.273. The standard InChI is InChI=1S/C13H18O9/c1-6(14)19-10-5-18-13(22-9(4)17)12(21-8(3)16)11(10)20-7(2)15/h10-13H,5H2,1-4H3/t10-,11-,12+,13?/m0/s1. The van der Waals surface area contributed by atoms with Crippen molar-refractivity contribution in [3.05, 3.63) is 0 Å². The maximum absolute atomic E-state index is 11.3. The van der Waals surface area contributed by atoms with Gasteiger partial charge in [0, 0.05) is 27.7 Å². The maximum Gasteiger partial charge on any atom is 0.305 e. The van der Waals surface area contributed by atoms with Crippen LogP contribution in [0.5, 0.6) is 0 Å². The van der Waals surface area contributed by atoms with Crippen LogP contribution in [-0.4, -0.2) is 55.1 Å². The van der Waals surface area contributed by atoms with Crippen molar-refractivity contribution in [3.63, 3.8) is 0 Å². The van der Waals surface area contributed by atoms with Gasteiger partial charge in [0.1, 0.15) is 0 Å². The zero-order valence-electron chi connectivity index (χ0n) is 12.7. The summed E-state index contributed by atoms with van der Waals surface area (Å²) >= 11 is 0. The Balaban J connectivity index is 3.03. The summed E-state index contributed by atoms with van der Waals surface area (Å²) in [4.78, 5) is 44.7. The molecule has 9 heteroatoms. The van der Waals surface area contributed by atoms with Crippen LogP contribution in [0, 0.1) is 0 Å². The lowest BCUT2D eigenvalue weighted by Gasteiger charge is -2.39. The van der Waals surface area contributed by atoms with Crippen molar-refractivity contribution >= 4 is 23.9 Å². The molecule has 0 aromatic rings. The highest BCUT2D eigenvalue weighted by molar-refractivity contribution is 5.69. The van der Waals surface area contributed by atoms with Gasteiger partial charge in [0.2, 0.25) is 12.4 Å². The Morgan fingerprint density at radius 3 is 1.64 bits per heavy atom. The summed E-state index contributed by atoms with van der Waals surface area (Å²) in [5, 5.41) is 0. The fraction of sp³-hybridized carbons (Fsp3) is 0.692. The molecule has 0 aliphatic carbocycles. The van der Waals surface area contributed by atoms with Crippen molar-refractivity contribution in [3.8, 4) is 0 Å². The van der Waals surface area contributed by atoms with Gasteiger partial charge in [-0.05, 0) is 0 Å². The Hall–Kier alpha value is -2.16. The number of hydrogen-bond acceptors (Lipinski definition) is 9. The average molecular weight is 318 g/mol. The smallest absolute Gasteiger partial charge is 0.305 e. The molecule has 9 nitrogen and oxygen atoms in total. The van der Waals surface area contributed by atoms with Crippen LogP contribution in [0.2, 0.25) is 0 Å². The SMILES string of the molecule is CC(=O)OC1OC[C@H](OC(C)=O)[C@H](OC(C)=O)[C@H]1OC(C)=O. The van der Waals surface area contributed by atoms with Gasteiger partial charge < -0.3 is 23.7 Å². The molecule has 0 aromatic heterocycles. The normalized spacial score (nSPS) is 27.5. The van der Waals surface area contributed by atoms with Gasteiger partial charge in [-0.2, -0.15) is 0 Å². The fourth-order valence-electron chi connectivity index (χ4n) is 1.97. The van der Waals surface area contributed by atoms with E-state index in [9.17, 15) is 19.2 Å². The van der Waals surface area contributed by atoms with Crippen LogP contribution in [0.25, 0.3) is 0 Å². The average Bonchev–Trinajstić information content (AvgIpc) is 2.34. The molecular weight excluding hydrogens is 300 g/mol. The van der Waals surface area contributed by atoms with Crippen molar-refractivity contribution in [1.82, 2.24) is 0 Å². The summed E-state index contributed by atoms with van der Waals surface area (Å²) in [5.74, 6) is -2.68. The van der Waals surface area contributed by atoms with Crippen molar-refractivity contribution < 1.29 is 42.9 Å². The number of esters is 4. The maximum atomic E-state index is 11.3. The first-order valence-corrected chi connectivity index (χ1v) is 6.51. The van der Waals surface area contributed by atoms with E-state index in [4.69, 9.17) is 23.7 Å². The minimum absolute atomic E-state index is 0.187. The molecule has 1 saturated heterocycles. The van der Waals surface area contributed by atoms with E-state index in [2.05, 4.69) is 0 Å². The highest BCUT2D eigenvalue weighted by Crippen LogP contribution is 2.25. The minimum Gasteiger partial charge on any atom is -0.456 e. The van der Waals surface area contributed by atoms with Crippen LogP contribution in [0.15, 0.2) is 0 Å². The Labute approximate surface area is 126 Å². The zero-order chi connectivity index (χ0) is 16.9. The van der Waals surface area contributed by atoms with Gasteiger partial charge in [-0.1, -0.05) is 0 Å². The van der Waals surface area contributed by atoms with E-state index in [1.54, 1.807) is 0 Å². The molecule has 0 saturated carbocycles. The van der Waals surface area contributed by atoms with Gasteiger partial charge in [0.25, 0.3) is 0 Å². The molecule has 0 N–H and O–H groups in total. The van der Waals surface area contributed by atoms with E-state index >= 15 is 0 Å². The molecule has 0 radical (unpaired) electrons. The van der Waals surface area contributed by atoms with Crippen molar-refractivity contribution in [2.75, 3.05) is 6.61 Å². The Bertz CT molecular complexity index is 416. The minimum atomic E-state index is -1.27. The second-order valence-corrected chi connectivity index (χ2v) is 4.61. The van der Waals surface area contributed by atoms with Gasteiger partial charge in [-0.15, -0.1) is 0 Å². The summed E-state index contributed by atoms with van der Waals surface area (Å²) in [5.41, 5.74) is 0. The molecule has 1 aliphatic rings. The molecule has 1 rings (SSSR count). The number of carbonyl (C=O) groups is 4. The second-order valence-electron chi connectivity index (χ2n) is 4.61. The largest absolute Gasteiger partial charge is 0.456 e. The van der Waals surface area contributed by atoms with Crippen LogP contribution in [-0.2, 0) is 42.9 Å². The molecule has 1 heterocycles. The molecule has 1 fully saturated rings. The quantitative estimate of drug-likeness (QED) is 0.509. The lowest BCUT2D eigenvalue weighted by Crippen LogP contribution is -2.58. The van der Waals surface area contributed by atoms with E-state index < -0.39 is 48.5 Å². The first-order chi connectivity index (χ1) is 10.2. The molecule has 0 spiro atoms. The Kier molecular flexibility index (Phi) is 6.29. The van der Waals surface area contributed by atoms with Gasteiger partial charge in [-0.25, -0.2) is 0 Å². The summed E-state index contributed by atoms with van der Waals surface area (Å²) < 4.78 is 25.2. The summed E-state index contributed by atoms with van der Waals surface area (Å²) in [6.45, 7) is 4.40. The second kappa shape index (κ2) is 7.74. The zero-order valence-corrected chi connectivity index (χ0v) is 12.7. The molecule has 0 bridgehead atoms. The molecule has 0 aromatic carbocycles. The number of rotatable bonds is 4. The van der Waals surface area contributed by atoms with Crippen LogP contribution >= 0.6 is 0 Å². The number of carbonyl (C=O) groups excluding carboxylic acids is 4. The van der Waals surface area contributed by atoms with Gasteiger partial charge in [0.05, 0.1) is 6.61 Å². The van der Waals surface area contributed by atoms with Crippen LogP contribution in [0.1, 0.15) is 27.7 Å². The van der Waals surface area contributed by atoms with Gasteiger partial charge in [0.15, 0.2) is 12.2 Å². The van der Waals surface area contributed by atoms with E-state index in [0.29, 0.717) is 0 Å². The molecule has 1 aliphatic heterocycles. The molecular formula is C13H18O9. The Morgan fingerprint density at radius 2 is 1.18 bits per heavy atom. The predicted molar refractivity (Wildman–Crippen MR) is 68.2 cm³/mol. The van der Waals surface area contributed by atoms with Crippen LogP contribution < -0.4 is 0 Å². The van der Waals surface area contributed by atoms with Crippen LogP contribution in [0.3, 0.4) is 0 Å². The topological polar surface area (TPSA) is 114 Å². The lowest BCUT2D eigenvalue weighted by atomic mass is 10.0. The summed E-state index contributed by atoms with van der Waals surface area (Å²) in [6.07, 6.45) is -4.65. The highest BCUT2D eigenvalue weighted by Gasteiger charge is 2.48. The molecule has 1 unspecified atom stereocenters. The van der Waals surface area contributed by atoms with Crippen molar-refractivity contribution in [2.24, 2.45) is 0 Å². The van der Waals surface area contributed by atoms with E-state index in [1.165, 1.54) is 6.92 Å². The van der Waals surface area contributed by atoms with Crippen molar-refractivity contribution in [1.29, 1.82) is 0 Å². The third-order valence-electron chi connectivity index (χ3n) is 2.59. The first-order valence-electron chi connectivity index (χ1n) is 6.51. The monoisotopic (exact) mass is 318 g/mol. The molecule has 124 valence electrons. The predicted octanol–water partition coefficient (Wildman–Crippen LogP) is -0.299. The number of hydrogen-bond donors (Lipinski definition) is 0. The highest BCUT2D eigenvalue weighted by atomic mass is 16.7. The van der Waals surface area contributed by atoms with Gasteiger partial charge >= 0.3 is 23.9 Å². The third kappa shape index (κ3) is 5.32. The summed E-state index contributed by atoms with van der Waals surface area (Å²) in [6, 6.07) is 0. The van der Waals surface area contributed by atoms with Gasteiger partial charge in [-0.3, -0.25) is 19.2 Å². The van der Waals surface area contributed by atoms with Crippen LogP contribution in [0.4, 0.5) is 0 Å². The van der Waals surface area contributed by atoms with E-state index in [1.807, 2.05) is 0 Å². The molecule has 4 atom stereocenters. The third-order valence-corrected chi connectivity index (χ3v) is 2.59.